The molecule has 0 radical (unpaired) electrons. The SMILES string of the molecule is Brc1csc(-c2noc(CN(Cc3ccccc3)CC3CCCO3)n2)c1. The molecule has 0 N–H and O–H groups in total. The van der Waals surface area contributed by atoms with Crippen molar-refractivity contribution < 1.29 is 9.26 Å². The van der Waals surface area contributed by atoms with E-state index in [1.165, 1.54) is 5.56 Å². The number of aromatic nitrogens is 2. The number of hydrogen-bond donors (Lipinski definition) is 0. The summed E-state index contributed by atoms with van der Waals surface area (Å²) in [7, 11) is 0. The second-order valence-corrected chi connectivity index (χ2v) is 8.26. The Morgan fingerprint density at radius 2 is 2.12 bits per heavy atom. The zero-order valence-corrected chi connectivity index (χ0v) is 16.7. The first-order chi connectivity index (χ1) is 12.8. The van der Waals surface area contributed by atoms with Gasteiger partial charge in [-0.15, -0.1) is 11.3 Å². The number of halogens is 1. The van der Waals surface area contributed by atoms with Gasteiger partial charge < -0.3 is 9.26 Å². The van der Waals surface area contributed by atoms with Crippen molar-refractivity contribution in [3.05, 3.63) is 57.7 Å². The van der Waals surface area contributed by atoms with E-state index >= 15 is 0 Å². The van der Waals surface area contributed by atoms with Crippen molar-refractivity contribution in [3.8, 4) is 10.7 Å². The van der Waals surface area contributed by atoms with Gasteiger partial charge >= 0.3 is 0 Å². The summed E-state index contributed by atoms with van der Waals surface area (Å²) in [5.74, 6) is 1.28. The Morgan fingerprint density at radius 3 is 2.85 bits per heavy atom. The summed E-state index contributed by atoms with van der Waals surface area (Å²) in [5, 5.41) is 6.16. The summed E-state index contributed by atoms with van der Waals surface area (Å²) >= 11 is 5.06. The number of thiophene rings is 1. The number of nitrogens with zero attached hydrogens (tertiary/aromatic N) is 3. The van der Waals surface area contributed by atoms with Crippen LogP contribution in [0.15, 0.2) is 50.8 Å². The normalized spacial score (nSPS) is 17.2. The van der Waals surface area contributed by atoms with Crippen LogP contribution in [0.3, 0.4) is 0 Å². The Bertz CT molecular complexity index is 830. The minimum atomic E-state index is 0.286. The van der Waals surface area contributed by atoms with Crippen LogP contribution < -0.4 is 0 Å². The molecule has 0 saturated carbocycles. The fourth-order valence-electron chi connectivity index (χ4n) is 3.14. The maximum absolute atomic E-state index is 5.82. The monoisotopic (exact) mass is 433 g/mol. The Hall–Kier alpha value is -1.54. The van der Waals surface area contributed by atoms with Gasteiger partial charge in [-0.05, 0) is 40.4 Å². The molecule has 1 fully saturated rings. The minimum Gasteiger partial charge on any atom is -0.377 e. The molecule has 2 aromatic heterocycles. The topological polar surface area (TPSA) is 51.4 Å². The van der Waals surface area contributed by atoms with E-state index in [2.05, 4.69) is 55.2 Å². The Balaban J connectivity index is 1.47. The highest BCUT2D eigenvalue weighted by molar-refractivity contribution is 9.10. The van der Waals surface area contributed by atoms with Crippen molar-refractivity contribution in [3.63, 3.8) is 0 Å². The standard InChI is InChI=1S/C19H20BrN3O2S/c20-15-9-17(26-13-15)19-21-18(25-22-19)12-23(11-16-7-4-8-24-16)10-14-5-2-1-3-6-14/h1-3,5-6,9,13,16H,4,7-8,10-12H2. The lowest BCUT2D eigenvalue weighted by atomic mass is 10.2. The second kappa shape index (κ2) is 8.43. The quantitative estimate of drug-likeness (QED) is 0.538. The molecule has 26 heavy (non-hydrogen) atoms. The summed E-state index contributed by atoms with van der Waals surface area (Å²) in [5.41, 5.74) is 1.27. The van der Waals surface area contributed by atoms with Crippen molar-refractivity contribution in [1.82, 2.24) is 15.0 Å². The van der Waals surface area contributed by atoms with E-state index in [-0.39, 0.29) is 6.10 Å². The van der Waals surface area contributed by atoms with Gasteiger partial charge in [0, 0.05) is 29.5 Å². The Labute approximate surface area is 165 Å². The van der Waals surface area contributed by atoms with Crippen LogP contribution in [0.2, 0.25) is 0 Å². The second-order valence-electron chi connectivity index (χ2n) is 6.43. The van der Waals surface area contributed by atoms with Gasteiger partial charge in [0.1, 0.15) is 0 Å². The molecule has 136 valence electrons. The average molecular weight is 434 g/mol. The van der Waals surface area contributed by atoms with Gasteiger partial charge in [-0.3, -0.25) is 4.90 Å². The molecule has 3 aromatic rings. The van der Waals surface area contributed by atoms with Gasteiger partial charge in [0.25, 0.3) is 0 Å². The average Bonchev–Trinajstić information content (AvgIpc) is 3.38. The van der Waals surface area contributed by atoms with Gasteiger partial charge in [-0.25, -0.2) is 0 Å². The number of rotatable bonds is 7. The van der Waals surface area contributed by atoms with E-state index in [1.807, 2.05) is 17.5 Å². The maximum atomic E-state index is 5.82. The van der Waals surface area contributed by atoms with E-state index < -0.39 is 0 Å². The predicted molar refractivity (Wildman–Crippen MR) is 105 cm³/mol. The van der Waals surface area contributed by atoms with Crippen LogP contribution in [-0.4, -0.2) is 34.3 Å². The summed E-state index contributed by atoms with van der Waals surface area (Å²) in [6.07, 6.45) is 2.54. The van der Waals surface area contributed by atoms with E-state index in [0.717, 1.165) is 41.9 Å². The van der Waals surface area contributed by atoms with Crippen molar-refractivity contribution >= 4 is 27.3 Å². The van der Waals surface area contributed by atoms with E-state index in [4.69, 9.17) is 9.26 Å². The van der Waals surface area contributed by atoms with Gasteiger partial charge in [0.2, 0.25) is 11.7 Å². The molecule has 5 nitrogen and oxygen atoms in total. The minimum absolute atomic E-state index is 0.286. The van der Waals surface area contributed by atoms with Gasteiger partial charge in [-0.2, -0.15) is 4.98 Å². The third kappa shape index (κ3) is 4.59. The lowest BCUT2D eigenvalue weighted by molar-refractivity contribution is 0.0640. The number of benzene rings is 1. The molecular formula is C19H20BrN3O2S. The first kappa shape index (κ1) is 17.9. The molecular weight excluding hydrogens is 414 g/mol. The molecule has 1 aromatic carbocycles. The van der Waals surface area contributed by atoms with Crippen LogP contribution >= 0.6 is 27.3 Å². The molecule has 1 aliphatic heterocycles. The van der Waals surface area contributed by atoms with Crippen LogP contribution in [0.25, 0.3) is 10.7 Å². The largest absolute Gasteiger partial charge is 0.377 e. The van der Waals surface area contributed by atoms with Crippen molar-refractivity contribution in [2.75, 3.05) is 13.2 Å². The fraction of sp³-hybridized carbons (Fsp3) is 0.368. The summed E-state index contributed by atoms with van der Waals surface area (Å²) in [6, 6.07) is 12.5. The molecule has 1 atom stereocenters. The highest BCUT2D eigenvalue weighted by Crippen LogP contribution is 2.28. The predicted octanol–water partition coefficient (Wildman–Crippen LogP) is 4.74. The number of ether oxygens (including phenoxy) is 1. The highest BCUT2D eigenvalue weighted by Gasteiger charge is 2.21. The number of hydrogen-bond acceptors (Lipinski definition) is 6. The van der Waals surface area contributed by atoms with Crippen molar-refractivity contribution in [2.45, 2.75) is 32.0 Å². The first-order valence-corrected chi connectivity index (χ1v) is 10.4. The molecule has 0 aliphatic carbocycles. The summed E-state index contributed by atoms with van der Waals surface area (Å²) in [4.78, 5) is 7.91. The van der Waals surface area contributed by atoms with E-state index in [1.54, 1.807) is 11.3 Å². The molecule has 0 amide bonds. The van der Waals surface area contributed by atoms with Gasteiger partial charge in [0.15, 0.2) is 0 Å². The zero-order valence-electron chi connectivity index (χ0n) is 14.3. The van der Waals surface area contributed by atoms with Crippen LogP contribution in [0.5, 0.6) is 0 Å². The summed E-state index contributed by atoms with van der Waals surface area (Å²) < 4.78 is 12.4. The lowest BCUT2D eigenvalue weighted by Gasteiger charge is -2.23. The molecule has 0 bridgehead atoms. The third-order valence-corrected chi connectivity index (χ3v) is 6.04. The molecule has 1 unspecified atom stereocenters. The van der Waals surface area contributed by atoms with E-state index in [9.17, 15) is 0 Å². The lowest BCUT2D eigenvalue weighted by Crippen LogP contribution is -2.31. The van der Waals surface area contributed by atoms with Crippen molar-refractivity contribution in [1.29, 1.82) is 0 Å². The molecule has 0 spiro atoms. The van der Waals surface area contributed by atoms with Crippen LogP contribution in [-0.2, 0) is 17.8 Å². The molecule has 7 heteroatoms. The smallest absolute Gasteiger partial charge is 0.241 e. The molecule has 4 rings (SSSR count). The molecule has 1 aliphatic rings. The van der Waals surface area contributed by atoms with Crippen LogP contribution in [0.1, 0.15) is 24.3 Å². The Kier molecular flexibility index (Phi) is 5.79. The molecule has 1 saturated heterocycles. The van der Waals surface area contributed by atoms with Crippen LogP contribution in [0.4, 0.5) is 0 Å². The highest BCUT2D eigenvalue weighted by atomic mass is 79.9. The van der Waals surface area contributed by atoms with Gasteiger partial charge in [0.05, 0.1) is 17.5 Å². The molecule has 3 heterocycles. The van der Waals surface area contributed by atoms with Crippen molar-refractivity contribution in [2.24, 2.45) is 0 Å². The summed E-state index contributed by atoms with van der Waals surface area (Å²) in [6.45, 7) is 3.19. The Morgan fingerprint density at radius 1 is 1.23 bits per heavy atom. The van der Waals surface area contributed by atoms with Gasteiger partial charge in [-0.1, -0.05) is 35.5 Å². The third-order valence-electron chi connectivity index (χ3n) is 4.35. The fourth-order valence-corrected chi connectivity index (χ4v) is 4.50. The van der Waals surface area contributed by atoms with Crippen LogP contribution in [0, 0.1) is 0 Å². The zero-order chi connectivity index (χ0) is 17.8. The maximum Gasteiger partial charge on any atom is 0.241 e. The van der Waals surface area contributed by atoms with E-state index in [0.29, 0.717) is 18.3 Å². The first-order valence-electron chi connectivity index (χ1n) is 8.71.